The van der Waals surface area contributed by atoms with E-state index in [1.54, 1.807) is 62.8 Å². The quantitative estimate of drug-likeness (QED) is 0.793. The molecule has 6 nitrogen and oxygen atoms in total. The van der Waals surface area contributed by atoms with Gasteiger partial charge in [0.1, 0.15) is 16.9 Å². The van der Waals surface area contributed by atoms with Crippen molar-refractivity contribution in [2.45, 2.75) is 12.8 Å². The van der Waals surface area contributed by atoms with Crippen LogP contribution in [0, 0.1) is 5.41 Å². The molecular weight excluding hydrogens is 320 g/mol. The van der Waals surface area contributed by atoms with Crippen LogP contribution < -0.4 is 20.1 Å². The maximum atomic E-state index is 12.6. The molecule has 0 unspecified atom stereocenters. The summed E-state index contributed by atoms with van der Waals surface area (Å²) in [7, 11) is 3.12. The lowest BCUT2D eigenvalue weighted by Gasteiger charge is -2.16. The average Bonchev–Trinajstić information content (AvgIpc) is 3.44. The highest BCUT2D eigenvalue weighted by atomic mass is 16.5. The minimum absolute atomic E-state index is 0.304. The fourth-order valence-corrected chi connectivity index (χ4v) is 2.59. The van der Waals surface area contributed by atoms with Crippen molar-refractivity contribution in [2.75, 3.05) is 24.9 Å². The van der Waals surface area contributed by atoms with Crippen LogP contribution in [-0.2, 0) is 9.59 Å². The molecule has 0 aliphatic heterocycles. The molecule has 6 heteroatoms. The van der Waals surface area contributed by atoms with Crippen LogP contribution in [0.4, 0.5) is 11.4 Å². The van der Waals surface area contributed by atoms with Crippen molar-refractivity contribution >= 4 is 23.2 Å². The smallest absolute Gasteiger partial charge is 0.240 e. The Hall–Kier alpha value is -3.02. The summed E-state index contributed by atoms with van der Waals surface area (Å²) in [5.41, 5.74) is 0.182. The van der Waals surface area contributed by atoms with Crippen LogP contribution in [0.2, 0.25) is 0 Å². The number of carbonyl (C=O) groups excluding carboxylic acids is 2. The number of ether oxygens (including phenoxy) is 2. The standard InChI is InChI=1S/C19H20N2O4/c1-24-15-7-3-5-13(11-15)20-17(22)19(9-10-19)18(23)21-14-6-4-8-16(12-14)25-2/h3-8,11-12H,9-10H2,1-2H3,(H,20,22)(H,21,23). The Bertz CT molecular complexity index is 736. The van der Waals surface area contributed by atoms with Gasteiger partial charge in [-0.25, -0.2) is 0 Å². The lowest BCUT2D eigenvalue weighted by Crippen LogP contribution is -2.35. The molecule has 0 bridgehead atoms. The van der Waals surface area contributed by atoms with Crippen LogP contribution in [0.5, 0.6) is 11.5 Å². The lowest BCUT2D eigenvalue weighted by molar-refractivity contribution is -0.131. The predicted octanol–water partition coefficient (Wildman–Crippen LogP) is 3.06. The molecule has 0 radical (unpaired) electrons. The highest BCUT2D eigenvalue weighted by Crippen LogP contribution is 2.47. The van der Waals surface area contributed by atoms with Crippen molar-refractivity contribution in [3.8, 4) is 11.5 Å². The van der Waals surface area contributed by atoms with Gasteiger partial charge in [0.25, 0.3) is 0 Å². The van der Waals surface area contributed by atoms with Gasteiger partial charge >= 0.3 is 0 Å². The van der Waals surface area contributed by atoms with E-state index >= 15 is 0 Å². The second-order valence-corrected chi connectivity index (χ2v) is 5.95. The molecule has 1 aliphatic rings. The Labute approximate surface area is 146 Å². The van der Waals surface area contributed by atoms with Crippen molar-refractivity contribution < 1.29 is 19.1 Å². The highest BCUT2D eigenvalue weighted by molar-refractivity contribution is 6.16. The topological polar surface area (TPSA) is 76.7 Å². The van der Waals surface area contributed by atoms with Gasteiger partial charge in [-0.3, -0.25) is 9.59 Å². The minimum atomic E-state index is -1.02. The van der Waals surface area contributed by atoms with E-state index in [0.29, 0.717) is 35.7 Å². The Balaban J connectivity index is 1.70. The monoisotopic (exact) mass is 340 g/mol. The van der Waals surface area contributed by atoms with E-state index in [4.69, 9.17) is 9.47 Å². The molecule has 2 aromatic carbocycles. The van der Waals surface area contributed by atoms with E-state index in [1.165, 1.54) is 0 Å². The molecule has 0 saturated heterocycles. The van der Waals surface area contributed by atoms with Crippen molar-refractivity contribution in [2.24, 2.45) is 5.41 Å². The summed E-state index contributed by atoms with van der Waals surface area (Å²) in [6, 6.07) is 14.1. The lowest BCUT2D eigenvalue weighted by atomic mass is 10.0. The summed E-state index contributed by atoms with van der Waals surface area (Å²) in [5.74, 6) is 0.675. The molecule has 1 aliphatic carbocycles. The van der Waals surface area contributed by atoms with Crippen molar-refractivity contribution in [1.82, 2.24) is 0 Å². The summed E-state index contributed by atoms with van der Waals surface area (Å²) in [6.45, 7) is 0. The second kappa shape index (κ2) is 6.84. The third-order valence-corrected chi connectivity index (χ3v) is 4.27. The van der Waals surface area contributed by atoms with E-state index in [-0.39, 0.29) is 11.8 Å². The molecule has 2 aromatic rings. The van der Waals surface area contributed by atoms with E-state index in [2.05, 4.69) is 10.6 Å². The summed E-state index contributed by atoms with van der Waals surface area (Å²) < 4.78 is 10.3. The molecule has 1 fully saturated rings. The Kier molecular flexibility index (Phi) is 4.61. The van der Waals surface area contributed by atoms with Crippen LogP contribution >= 0.6 is 0 Å². The number of nitrogens with one attached hydrogen (secondary N) is 2. The first kappa shape index (κ1) is 16.8. The maximum Gasteiger partial charge on any atom is 0.240 e. The van der Waals surface area contributed by atoms with Crippen molar-refractivity contribution in [1.29, 1.82) is 0 Å². The minimum Gasteiger partial charge on any atom is -0.497 e. The number of rotatable bonds is 6. The van der Waals surface area contributed by atoms with Crippen molar-refractivity contribution in [3.63, 3.8) is 0 Å². The van der Waals surface area contributed by atoms with E-state index in [1.807, 2.05) is 0 Å². The van der Waals surface area contributed by atoms with Gasteiger partial charge in [0.05, 0.1) is 14.2 Å². The second-order valence-electron chi connectivity index (χ2n) is 5.95. The molecular formula is C19H20N2O4. The van der Waals surface area contributed by atoms with Gasteiger partial charge in [0, 0.05) is 23.5 Å². The summed E-state index contributed by atoms with van der Waals surface area (Å²) >= 11 is 0. The molecule has 0 atom stereocenters. The van der Waals surface area contributed by atoms with Crippen LogP contribution in [0.25, 0.3) is 0 Å². The van der Waals surface area contributed by atoms with E-state index in [9.17, 15) is 9.59 Å². The van der Waals surface area contributed by atoms with Gasteiger partial charge in [-0.15, -0.1) is 0 Å². The van der Waals surface area contributed by atoms with Crippen LogP contribution in [0.3, 0.4) is 0 Å². The predicted molar refractivity (Wildman–Crippen MR) is 94.9 cm³/mol. The van der Waals surface area contributed by atoms with E-state index < -0.39 is 5.41 Å². The van der Waals surface area contributed by atoms with Crippen LogP contribution in [0.15, 0.2) is 48.5 Å². The first-order chi connectivity index (χ1) is 12.1. The van der Waals surface area contributed by atoms with Gasteiger partial charge in [-0.1, -0.05) is 12.1 Å². The van der Waals surface area contributed by atoms with Gasteiger partial charge in [0.2, 0.25) is 11.8 Å². The Morgan fingerprint density at radius 3 is 1.64 bits per heavy atom. The zero-order valence-corrected chi connectivity index (χ0v) is 14.2. The summed E-state index contributed by atoms with van der Waals surface area (Å²) in [4.78, 5) is 25.2. The first-order valence-electron chi connectivity index (χ1n) is 7.98. The Morgan fingerprint density at radius 2 is 1.28 bits per heavy atom. The zero-order chi connectivity index (χ0) is 17.9. The van der Waals surface area contributed by atoms with E-state index in [0.717, 1.165) is 0 Å². The van der Waals surface area contributed by atoms with Gasteiger partial charge in [-0.2, -0.15) is 0 Å². The average molecular weight is 340 g/mol. The van der Waals surface area contributed by atoms with Crippen LogP contribution in [0.1, 0.15) is 12.8 Å². The maximum absolute atomic E-state index is 12.6. The summed E-state index contributed by atoms with van der Waals surface area (Å²) in [5, 5.41) is 5.61. The summed E-state index contributed by atoms with van der Waals surface area (Å²) in [6.07, 6.45) is 1.05. The molecule has 25 heavy (non-hydrogen) atoms. The Morgan fingerprint density at radius 1 is 0.840 bits per heavy atom. The number of methoxy groups -OCH3 is 2. The molecule has 0 aromatic heterocycles. The molecule has 0 heterocycles. The third-order valence-electron chi connectivity index (χ3n) is 4.27. The third kappa shape index (κ3) is 3.57. The molecule has 2 N–H and O–H groups in total. The molecule has 0 spiro atoms. The van der Waals surface area contributed by atoms with Gasteiger partial charge in [0.15, 0.2) is 0 Å². The number of benzene rings is 2. The number of amides is 2. The van der Waals surface area contributed by atoms with Crippen LogP contribution in [-0.4, -0.2) is 26.0 Å². The number of carbonyl (C=O) groups is 2. The fourth-order valence-electron chi connectivity index (χ4n) is 2.59. The molecule has 130 valence electrons. The number of hydrogen-bond acceptors (Lipinski definition) is 4. The molecule has 1 saturated carbocycles. The normalized spacial score (nSPS) is 14.3. The largest absolute Gasteiger partial charge is 0.497 e. The number of hydrogen-bond donors (Lipinski definition) is 2. The number of anilines is 2. The zero-order valence-electron chi connectivity index (χ0n) is 14.2. The highest BCUT2D eigenvalue weighted by Gasteiger charge is 2.56. The van der Waals surface area contributed by atoms with Crippen molar-refractivity contribution in [3.05, 3.63) is 48.5 Å². The SMILES string of the molecule is COc1cccc(NC(=O)C2(C(=O)Nc3cccc(OC)c3)CC2)c1. The first-order valence-corrected chi connectivity index (χ1v) is 7.98. The molecule has 2 amide bonds. The fraction of sp³-hybridized carbons (Fsp3) is 0.263. The molecule has 3 rings (SSSR count). The van der Waals surface area contributed by atoms with Gasteiger partial charge < -0.3 is 20.1 Å². The van der Waals surface area contributed by atoms with Gasteiger partial charge in [-0.05, 0) is 37.1 Å².